The molecule has 0 fully saturated rings. The standard InChI is InChI=1S/C9H6Cl2F3N/c10-3-5(11)4-15-7-2-1-6(12)8(13)9(7)14/h1-3,15H,4H2. The Balaban J connectivity index is 2.83. The highest BCUT2D eigenvalue weighted by Gasteiger charge is 2.12. The Morgan fingerprint density at radius 2 is 1.93 bits per heavy atom. The second-order valence-corrected chi connectivity index (χ2v) is 3.34. The predicted molar refractivity (Wildman–Crippen MR) is 54.6 cm³/mol. The van der Waals surface area contributed by atoms with E-state index < -0.39 is 17.5 Å². The fourth-order valence-corrected chi connectivity index (χ4v) is 1.02. The number of rotatable bonds is 3. The first-order valence-electron chi connectivity index (χ1n) is 3.88. The largest absolute Gasteiger partial charge is 0.378 e. The van der Waals surface area contributed by atoms with Gasteiger partial charge in [0.15, 0.2) is 17.5 Å². The van der Waals surface area contributed by atoms with Crippen LogP contribution in [-0.4, -0.2) is 6.54 Å². The summed E-state index contributed by atoms with van der Waals surface area (Å²) in [5.41, 5.74) is 0.914. The van der Waals surface area contributed by atoms with Crippen LogP contribution < -0.4 is 5.32 Å². The number of hydrogen-bond acceptors (Lipinski definition) is 1. The average Bonchev–Trinajstić information content (AvgIpc) is 2.24. The highest BCUT2D eigenvalue weighted by molar-refractivity contribution is 6.36. The lowest BCUT2D eigenvalue weighted by atomic mass is 10.3. The molecule has 0 aromatic heterocycles. The summed E-state index contributed by atoms with van der Waals surface area (Å²) < 4.78 is 38.3. The Bertz CT molecular complexity index is 393. The number of nitrogens with one attached hydrogen (secondary N) is 1. The molecular weight excluding hydrogens is 250 g/mol. The van der Waals surface area contributed by atoms with Crippen LogP contribution in [0, 0.1) is 17.5 Å². The van der Waals surface area contributed by atoms with Crippen LogP contribution in [0.3, 0.4) is 0 Å². The van der Waals surface area contributed by atoms with Crippen LogP contribution in [0.4, 0.5) is 18.9 Å². The molecule has 1 nitrogen and oxygen atoms in total. The van der Waals surface area contributed by atoms with Gasteiger partial charge in [-0.05, 0) is 12.1 Å². The Hall–Kier alpha value is -0.870. The van der Waals surface area contributed by atoms with Gasteiger partial charge in [-0.15, -0.1) is 0 Å². The van der Waals surface area contributed by atoms with Crippen molar-refractivity contribution in [2.75, 3.05) is 11.9 Å². The average molecular weight is 256 g/mol. The maximum Gasteiger partial charge on any atom is 0.196 e. The molecule has 82 valence electrons. The van der Waals surface area contributed by atoms with Gasteiger partial charge in [0.25, 0.3) is 0 Å². The van der Waals surface area contributed by atoms with Crippen LogP contribution in [0.15, 0.2) is 22.7 Å². The predicted octanol–water partition coefficient (Wildman–Crippen LogP) is 3.83. The van der Waals surface area contributed by atoms with Crippen LogP contribution >= 0.6 is 23.2 Å². The highest BCUT2D eigenvalue weighted by Crippen LogP contribution is 2.20. The molecule has 0 heterocycles. The Kier molecular flexibility index (Phi) is 4.29. The van der Waals surface area contributed by atoms with E-state index in [9.17, 15) is 13.2 Å². The first kappa shape index (κ1) is 12.2. The lowest BCUT2D eigenvalue weighted by Crippen LogP contribution is -2.05. The first-order valence-corrected chi connectivity index (χ1v) is 4.70. The van der Waals surface area contributed by atoms with E-state index in [1.807, 2.05) is 0 Å². The molecule has 0 amide bonds. The molecule has 1 rings (SSSR count). The van der Waals surface area contributed by atoms with Crippen molar-refractivity contribution in [3.05, 3.63) is 40.2 Å². The van der Waals surface area contributed by atoms with Crippen molar-refractivity contribution >= 4 is 28.9 Å². The fourth-order valence-electron chi connectivity index (χ4n) is 0.881. The maximum atomic E-state index is 13.0. The summed E-state index contributed by atoms with van der Waals surface area (Å²) in [4.78, 5) is 0. The molecule has 0 aliphatic carbocycles. The number of hydrogen-bond donors (Lipinski definition) is 1. The van der Waals surface area contributed by atoms with E-state index in [0.29, 0.717) is 0 Å². The third-order valence-corrected chi connectivity index (χ3v) is 2.22. The summed E-state index contributed by atoms with van der Waals surface area (Å²) in [6, 6.07) is 1.89. The molecule has 0 aliphatic heterocycles. The molecule has 1 aromatic carbocycles. The van der Waals surface area contributed by atoms with E-state index >= 15 is 0 Å². The van der Waals surface area contributed by atoms with Gasteiger partial charge in [0, 0.05) is 10.6 Å². The van der Waals surface area contributed by atoms with E-state index in [0.717, 1.165) is 17.7 Å². The van der Waals surface area contributed by atoms with Crippen molar-refractivity contribution in [2.24, 2.45) is 0 Å². The normalized spacial score (nSPS) is 11.7. The zero-order valence-corrected chi connectivity index (χ0v) is 8.84. The van der Waals surface area contributed by atoms with Crippen LogP contribution in [0.1, 0.15) is 0 Å². The summed E-state index contributed by atoms with van der Waals surface area (Å²) in [6.07, 6.45) is 0. The SMILES string of the molecule is Fc1ccc(NCC(Cl)=CCl)c(F)c1F. The van der Waals surface area contributed by atoms with Gasteiger partial charge in [-0.3, -0.25) is 0 Å². The summed E-state index contributed by atoms with van der Waals surface area (Å²) in [7, 11) is 0. The lowest BCUT2D eigenvalue weighted by Gasteiger charge is -2.07. The van der Waals surface area contributed by atoms with E-state index in [-0.39, 0.29) is 17.3 Å². The molecule has 15 heavy (non-hydrogen) atoms. The van der Waals surface area contributed by atoms with E-state index in [1.54, 1.807) is 0 Å². The third kappa shape index (κ3) is 3.04. The van der Waals surface area contributed by atoms with Gasteiger partial charge in [-0.2, -0.15) is 0 Å². The molecule has 0 saturated heterocycles. The van der Waals surface area contributed by atoms with Crippen molar-refractivity contribution in [1.29, 1.82) is 0 Å². The minimum absolute atomic E-state index is 0.0348. The van der Waals surface area contributed by atoms with Gasteiger partial charge in [0.05, 0.1) is 12.2 Å². The molecule has 1 N–H and O–H groups in total. The fraction of sp³-hybridized carbons (Fsp3) is 0.111. The zero-order valence-electron chi connectivity index (χ0n) is 7.33. The van der Waals surface area contributed by atoms with E-state index in [1.165, 1.54) is 0 Å². The molecule has 0 atom stereocenters. The van der Waals surface area contributed by atoms with Gasteiger partial charge in [-0.1, -0.05) is 23.2 Å². The summed E-state index contributed by atoms with van der Waals surface area (Å²) in [5.74, 6) is -4.04. The Morgan fingerprint density at radius 3 is 2.53 bits per heavy atom. The maximum absolute atomic E-state index is 13.0. The third-order valence-electron chi connectivity index (χ3n) is 1.60. The quantitative estimate of drug-likeness (QED) is 0.810. The van der Waals surface area contributed by atoms with Gasteiger partial charge in [0.2, 0.25) is 0 Å². The molecule has 6 heteroatoms. The van der Waals surface area contributed by atoms with Gasteiger partial charge in [0.1, 0.15) is 0 Å². The van der Waals surface area contributed by atoms with Crippen molar-refractivity contribution in [3.8, 4) is 0 Å². The molecule has 0 saturated carbocycles. The highest BCUT2D eigenvalue weighted by atomic mass is 35.5. The van der Waals surface area contributed by atoms with Crippen molar-refractivity contribution in [2.45, 2.75) is 0 Å². The second-order valence-electron chi connectivity index (χ2n) is 2.63. The molecule has 0 unspecified atom stereocenters. The molecule has 0 radical (unpaired) electrons. The molecular formula is C9H6Cl2F3N. The second kappa shape index (κ2) is 5.28. The van der Waals surface area contributed by atoms with Crippen LogP contribution in [-0.2, 0) is 0 Å². The van der Waals surface area contributed by atoms with Crippen LogP contribution in [0.25, 0.3) is 0 Å². The van der Waals surface area contributed by atoms with Gasteiger partial charge in [-0.25, -0.2) is 13.2 Å². The lowest BCUT2D eigenvalue weighted by molar-refractivity contribution is 0.449. The van der Waals surface area contributed by atoms with Crippen molar-refractivity contribution < 1.29 is 13.2 Å². The Labute approximate surface area is 94.5 Å². The summed E-state index contributed by atoms with van der Waals surface area (Å²) in [6.45, 7) is 0.0348. The van der Waals surface area contributed by atoms with Crippen molar-refractivity contribution in [1.82, 2.24) is 0 Å². The van der Waals surface area contributed by atoms with Crippen molar-refractivity contribution in [3.63, 3.8) is 0 Å². The topological polar surface area (TPSA) is 12.0 Å². The minimum atomic E-state index is -1.52. The minimum Gasteiger partial charge on any atom is -0.378 e. The summed E-state index contributed by atoms with van der Waals surface area (Å²) in [5, 5.41) is 2.69. The number of benzene rings is 1. The monoisotopic (exact) mass is 255 g/mol. The molecule has 0 bridgehead atoms. The molecule has 0 spiro atoms. The van der Waals surface area contributed by atoms with E-state index in [2.05, 4.69) is 5.32 Å². The number of halogens is 5. The van der Waals surface area contributed by atoms with E-state index in [4.69, 9.17) is 23.2 Å². The Morgan fingerprint density at radius 1 is 1.27 bits per heavy atom. The molecule has 1 aromatic rings. The molecule has 0 aliphatic rings. The van der Waals surface area contributed by atoms with Gasteiger partial charge >= 0.3 is 0 Å². The van der Waals surface area contributed by atoms with Gasteiger partial charge < -0.3 is 5.32 Å². The van der Waals surface area contributed by atoms with Crippen LogP contribution in [0.5, 0.6) is 0 Å². The zero-order chi connectivity index (χ0) is 11.4. The van der Waals surface area contributed by atoms with Crippen LogP contribution in [0.2, 0.25) is 0 Å². The first-order chi connectivity index (χ1) is 7.06. The smallest absolute Gasteiger partial charge is 0.196 e. The summed E-state index contributed by atoms with van der Waals surface area (Å²) >= 11 is 10.8. The number of anilines is 1.